The summed E-state index contributed by atoms with van der Waals surface area (Å²) >= 11 is 5.47. The summed E-state index contributed by atoms with van der Waals surface area (Å²) in [7, 11) is 0. The van der Waals surface area contributed by atoms with Gasteiger partial charge in [0.15, 0.2) is 5.12 Å². The SMILES string of the molecule is CC(C)(C)SCCC(=O)S. The quantitative estimate of drug-likeness (QED) is 0.668. The predicted octanol–water partition coefficient (Wildman–Crippen LogP) is 2.36. The second kappa shape index (κ2) is 4.29. The van der Waals surface area contributed by atoms with Gasteiger partial charge in [-0.25, -0.2) is 0 Å². The molecule has 0 heterocycles. The van der Waals surface area contributed by atoms with Crippen molar-refractivity contribution in [3.63, 3.8) is 0 Å². The molecule has 0 spiro atoms. The first-order chi connectivity index (χ1) is 4.42. The van der Waals surface area contributed by atoms with Crippen molar-refractivity contribution in [1.82, 2.24) is 0 Å². The van der Waals surface area contributed by atoms with Crippen LogP contribution >= 0.6 is 24.4 Å². The maximum absolute atomic E-state index is 10.4. The number of carbonyl (C=O) groups excluding carboxylic acids is 1. The molecular weight excluding hydrogens is 164 g/mol. The van der Waals surface area contributed by atoms with Crippen LogP contribution in [0.1, 0.15) is 27.2 Å². The van der Waals surface area contributed by atoms with E-state index in [2.05, 4.69) is 33.4 Å². The Morgan fingerprint density at radius 1 is 1.50 bits per heavy atom. The summed E-state index contributed by atoms with van der Waals surface area (Å²) in [5.41, 5.74) is 0. The van der Waals surface area contributed by atoms with Crippen molar-refractivity contribution < 1.29 is 4.79 Å². The molecule has 0 atom stereocenters. The van der Waals surface area contributed by atoms with Crippen molar-refractivity contribution in [3.05, 3.63) is 0 Å². The molecular formula is C7H14OS2. The second-order valence-corrected chi connectivity index (χ2v) is 5.53. The maximum atomic E-state index is 10.4. The minimum atomic E-state index is -0.0169. The van der Waals surface area contributed by atoms with Gasteiger partial charge in [0.05, 0.1) is 0 Å². The van der Waals surface area contributed by atoms with Crippen molar-refractivity contribution in [2.75, 3.05) is 5.75 Å². The minimum Gasteiger partial charge on any atom is -0.287 e. The first kappa shape index (κ1) is 10.4. The summed E-state index contributed by atoms with van der Waals surface area (Å²) in [5, 5.41) is -0.0169. The first-order valence-electron chi connectivity index (χ1n) is 3.27. The van der Waals surface area contributed by atoms with Crippen molar-refractivity contribution in [1.29, 1.82) is 0 Å². The molecule has 3 heteroatoms. The molecule has 0 aliphatic heterocycles. The van der Waals surface area contributed by atoms with E-state index in [1.807, 2.05) is 0 Å². The third-order valence-electron chi connectivity index (χ3n) is 0.851. The molecule has 10 heavy (non-hydrogen) atoms. The highest BCUT2D eigenvalue weighted by molar-refractivity contribution is 8.01. The number of carbonyl (C=O) groups is 1. The van der Waals surface area contributed by atoms with Crippen LogP contribution in [-0.2, 0) is 4.79 Å². The van der Waals surface area contributed by atoms with E-state index in [1.54, 1.807) is 11.8 Å². The highest BCUT2D eigenvalue weighted by Crippen LogP contribution is 2.23. The van der Waals surface area contributed by atoms with E-state index >= 15 is 0 Å². The van der Waals surface area contributed by atoms with Gasteiger partial charge in [-0.2, -0.15) is 11.8 Å². The molecule has 1 nitrogen and oxygen atoms in total. The lowest BCUT2D eigenvalue weighted by atomic mass is 10.3. The first-order valence-corrected chi connectivity index (χ1v) is 4.71. The lowest BCUT2D eigenvalue weighted by Gasteiger charge is -2.16. The van der Waals surface area contributed by atoms with Crippen LogP contribution in [0.25, 0.3) is 0 Å². The van der Waals surface area contributed by atoms with Crippen LogP contribution in [0.15, 0.2) is 0 Å². The lowest BCUT2D eigenvalue weighted by Crippen LogP contribution is -2.08. The summed E-state index contributed by atoms with van der Waals surface area (Å²) in [6, 6.07) is 0. The Balaban J connectivity index is 3.29. The van der Waals surface area contributed by atoms with Gasteiger partial charge in [-0.15, -0.1) is 12.6 Å². The van der Waals surface area contributed by atoms with E-state index in [4.69, 9.17) is 0 Å². The number of thioether (sulfide) groups is 1. The largest absolute Gasteiger partial charge is 0.287 e. The molecule has 0 amide bonds. The smallest absolute Gasteiger partial charge is 0.186 e. The maximum Gasteiger partial charge on any atom is 0.186 e. The van der Waals surface area contributed by atoms with E-state index in [9.17, 15) is 4.79 Å². The average molecular weight is 178 g/mol. The molecule has 0 aliphatic rings. The van der Waals surface area contributed by atoms with Crippen LogP contribution in [0.4, 0.5) is 0 Å². The van der Waals surface area contributed by atoms with Gasteiger partial charge < -0.3 is 0 Å². The van der Waals surface area contributed by atoms with Gasteiger partial charge in [0.25, 0.3) is 0 Å². The zero-order valence-corrected chi connectivity index (χ0v) is 8.39. The Morgan fingerprint density at radius 3 is 2.30 bits per heavy atom. The minimum absolute atomic E-state index is 0.0169. The highest BCUT2D eigenvalue weighted by atomic mass is 32.2. The van der Waals surface area contributed by atoms with Crippen LogP contribution in [0.3, 0.4) is 0 Å². The fourth-order valence-corrected chi connectivity index (χ4v) is 1.61. The van der Waals surface area contributed by atoms with Gasteiger partial charge in [-0.1, -0.05) is 20.8 Å². The predicted molar refractivity (Wildman–Crippen MR) is 50.8 cm³/mol. The number of hydrogen-bond donors (Lipinski definition) is 1. The van der Waals surface area contributed by atoms with E-state index in [0.717, 1.165) is 5.75 Å². The Kier molecular flexibility index (Phi) is 4.45. The van der Waals surface area contributed by atoms with E-state index in [1.165, 1.54) is 0 Å². The summed E-state index contributed by atoms with van der Waals surface area (Å²) < 4.78 is 0.267. The molecule has 0 rings (SSSR count). The van der Waals surface area contributed by atoms with Gasteiger partial charge in [0.2, 0.25) is 0 Å². The van der Waals surface area contributed by atoms with Crippen molar-refractivity contribution in [3.8, 4) is 0 Å². The van der Waals surface area contributed by atoms with Gasteiger partial charge in [0, 0.05) is 16.9 Å². The van der Waals surface area contributed by atoms with E-state index in [0.29, 0.717) is 6.42 Å². The average Bonchev–Trinajstić information content (AvgIpc) is 1.59. The molecule has 0 radical (unpaired) electrons. The van der Waals surface area contributed by atoms with E-state index < -0.39 is 0 Å². The van der Waals surface area contributed by atoms with Crippen LogP contribution in [0.2, 0.25) is 0 Å². The molecule has 60 valence electrons. The van der Waals surface area contributed by atoms with Gasteiger partial charge >= 0.3 is 0 Å². The van der Waals surface area contributed by atoms with Crippen molar-refractivity contribution >= 4 is 29.5 Å². The molecule has 0 saturated heterocycles. The van der Waals surface area contributed by atoms with Gasteiger partial charge in [-0.3, -0.25) is 4.79 Å². The standard InChI is InChI=1S/C7H14OS2/c1-7(2,3)10-5-4-6(8)9/h4-5H2,1-3H3,(H,8,9). The van der Waals surface area contributed by atoms with Crippen LogP contribution in [0, 0.1) is 0 Å². The summed E-state index contributed by atoms with van der Waals surface area (Å²) in [6.07, 6.45) is 0.574. The fourth-order valence-electron chi connectivity index (χ4n) is 0.445. The third kappa shape index (κ3) is 8.37. The molecule has 0 saturated carbocycles. The molecule has 0 aromatic heterocycles. The Hall–Kier alpha value is 0.370. The molecule has 0 N–H and O–H groups in total. The Labute approximate surface area is 72.4 Å². The van der Waals surface area contributed by atoms with Gasteiger partial charge in [-0.05, 0) is 0 Å². The van der Waals surface area contributed by atoms with Crippen LogP contribution in [-0.4, -0.2) is 15.6 Å². The zero-order chi connectivity index (χ0) is 8.20. The lowest BCUT2D eigenvalue weighted by molar-refractivity contribution is -0.110. The summed E-state index contributed by atoms with van der Waals surface area (Å²) in [5.74, 6) is 0.881. The third-order valence-corrected chi connectivity index (χ3v) is 2.35. The Morgan fingerprint density at radius 2 is 2.00 bits per heavy atom. The van der Waals surface area contributed by atoms with Crippen molar-refractivity contribution in [2.45, 2.75) is 31.9 Å². The summed E-state index contributed by atoms with van der Waals surface area (Å²) in [4.78, 5) is 10.4. The normalized spacial score (nSPS) is 11.6. The molecule has 0 fully saturated rings. The Bertz CT molecular complexity index is 115. The monoisotopic (exact) mass is 178 g/mol. The molecule has 0 unspecified atom stereocenters. The number of rotatable bonds is 3. The molecule has 0 aliphatic carbocycles. The topological polar surface area (TPSA) is 17.1 Å². The summed E-state index contributed by atoms with van der Waals surface area (Å²) in [6.45, 7) is 6.42. The molecule has 0 aromatic rings. The second-order valence-electron chi connectivity index (χ2n) is 3.10. The van der Waals surface area contributed by atoms with Crippen molar-refractivity contribution in [2.24, 2.45) is 0 Å². The molecule has 0 bridgehead atoms. The molecule has 0 aromatic carbocycles. The van der Waals surface area contributed by atoms with Crippen LogP contribution in [0.5, 0.6) is 0 Å². The highest BCUT2D eigenvalue weighted by Gasteiger charge is 2.09. The zero-order valence-electron chi connectivity index (χ0n) is 6.68. The fraction of sp³-hybridized carbons (Fsp3) is 0.857. The number of thiol groups is 1. The van der Waals surface area contributed by atoms with E-state index in [-0.39, 0.29) is 9.86 Å². The number of hydrogen-bond acceptors (Lipinski definition) is 2. The van der Waals surface area contributed by atoms with Gasteiger partial charge in [0.1, 0.15) is 0 Å². The van der Waals surface area contributed by atoms with Crippen LogP contribution < -0.4 is 0 Å².